The zero-order valence-corrected chi connectivity index (χ0v) is 11.0. The van der Waals surface area contributed by atoms with Crippen LogP contribution in [0.4, 0.5) is 0 Å². The Morgan fingerprint density at radius 3 is 2.38 bits per heavy atom. The third-order valence-electron chi connectivity index (χ3n) is 2.31. The van der Waals surface area contributed by atoms with Crippen LogP contribution in [0.5, 0.6) is 0 Å². The van der Waals surface area contributed by atoms with E-state index >= 15 is 0 Å². The number of carbonyl (C=O) groups excluding carboxylic acids is 1. The number of nitrogens with one attached hydrogen (secondary N) is 1. The molecule has 0 unspecified atom stereocenters. The van der Waals surface area contributed by atoms with Gasteiger partial charge in [0.2, 0.25) is 0 Å². The first kappa shape index (κ1) is 12.7. The lowest BCUT2D eigenvalue weighted by atomic mass is 10.1. The van der Waals surface area contributed by atoms with E-state index in [1.54, 1.807) is 6.20 Å². The molecule has 4 nitrogen and oxygen atoms in total. The van der Waals surface area contributed by atoms with Gasteiger partial charge in [0.1, 0.15) is 0 Å². The van der Waals surface area contributed by atoms with Gasteiger partial charge in [0, 0.05) is 11.7 Å². The van der Waals surface area contributed by atoms with Gasteiger partial charge in [0.05, 0.1) is 17.3 Å². The molecule has 0 bridgehead atoms. The molecule has 0 radical (unpaired) electrons. The molecule has 0 aliphatic carbocycles. The van der Waals surface area contributed by atoms with Gasteiger partial charge in [-0.15, -0.1) is 0 Å². The van der Waals surface area contributed by atoms with Crippen molar-refractivity contribution < 1.29 is 4.79 Å². The fourth-order valence-corrected chi connectivity index (χ4v) is 1.65. The Balaban J connectivity index is 3.01. The lowest BCUT2D eigenvalue weighted by Crippen LogP contribution is -2.31. The van der Waals surface area contributed by atoms with Crippen molar-refractivity contribution in [3.63, 3.8) is 0 Å². The zero-order chi connectivity index (χ0) is 12.5. The predicted molar refractivity (Wildman–Crippen MR) is 64.6 cm³/mol. The number of hydrogen-bond acceptors (Lipinski definition) is 2. The molecule has 0 aliphatic rings. The fraction of sp³-hybridized carbons (Fsp3) is 0.667. The van der Waals surface area contributed by atoms with E-state index in [0.717, 1.165) is 5.69 Å². The molecule has 0 atom stereocenters. The minimum absolute atomic E-state index is 0.0528. The third-order valence-corrected chi connectivity index (χ3v) is 2.31. The van der Waals surface area contributed by atoms with E-state index < -0.39 is 0 Å². The number of nitrogens with zero attached hydrogens (tertiary/aromatic N) is 2. The van der Waals surface area contributed by atoms with Gasteiger partial charge < -0.3 is 5.32 Å². The van der Waals surface area contributed by atoms with E-state index in [1.807, 2.05) is 25.5 Å². The third kappa shape index (κ3) is 2.62. The maximum Gasteiger partial charge on any atom is 0.254 e. The van der Waals surface area contributed by atoms with Gasteiger partial charge in [-0.3, -0.25) is 9.48 Å². The van der Waals surface area contributed by atoms with Crippen molar-refractivity contribution in [3.05, 3.63) is 17.5 Å². The summed E-state index contributed by atoms with van der Waals surface area (Å²) in [6.07, 6.45) is 1.64. The minimum Gasteiger partial charge on any atom is -0.350 e. The van der Waals surface area contributed by atoms with Crippen LogP contribution < -0.4 is 5.32 Å². The predicted octanol–water partition coefficient (Wildman–Crippen LogP) is 2.08. The average molecular weight is 223 g/mol. The summed E-state index contributed by atoms with van der Waals surface area (Å²) < 4.78 is 1.88. The van der Waals surface area contributed by atoms with Crippen molar-refractivity contribution in [2.75, 3.05) is 0 Å². The van der Waals surface area contributed by atoms with E-state index in [0.29, 0.717) is 5.56 Å². The Morgan fingerprint density at radius 1 is 1.44 bits per heavy atom. The van der Waals surface area contributed by atoms with Gasteiger partial charge in [0.25, 0.3) is 5.91 Å². The number of aromatic nitrogens is 2. The molecule has 1 aromatic rings. The SMILES string of the molecule is Cc1c(C(=O)NC(C)C)cnn1C(C)(C)C. The summed E-state index contributed by atoms with van der Waals surface area (Å²) in [5.41, 5.74) is 1.47. The van der Waals surface area contributed by atoms with Gasteiger partial charge in [0.15, 0.2) is 0 Å². The van der Waals surface area contributed by atoms with Crippen molar-refractivity contribution in [2.24, 2.45) is 0 Å². The number of hydrogen-bond donors (Lipinski definition) is 1. The topological polar surface area (TPSA) is 46.9 Å². The second-order valence-electron chi connectivity index (χ2n) is 5.35. The van der Waals surface area contributed by atoms with Gasteiger partial charge in [-0.2, -0.15) is 5.10 Å². The van der Waals surface area contributed by atoms with E-state index in [9.17, 15) is 4.79 Å². The molecular formula is C12H21N3O. The minimum atomic E-state index is -0.0968. The number of rotatable bonds is 2. The van der Waals surface area contributed by atoms with Gasteiger partial charge in [-0.25, -0.2) is 0 Å². The molecule has 90 valence electrons. The van der Waals surface area contributed by atoms with Crippen LogP contribution in [-0.4, -0.2) is 21.7 Å². The molecule has 0 saturated carbocycles. The molecule has 16 heavy (non-hydrogen) atoms. The number of amides is 1. The van der Waals surface area contributed by atoms with E-state index in [2.05, 4.69) is 31.2 Å². The molecule has 1 N–H and O–H groups in total. The highest BCUT2D eigenvalue weighted by Crippen LogP contribution is 2.18. The van der Waals surface area contributed by atoms with Crippen LogP contribution in [0.1, 0.15) is 50.7 Å². The highest BCUT2D eigenvalue weighted by atomic mass is 16.1. The van der Waals surface area contributed by atoms with Crippen LogP contribution in [0.2, 0.25) is 0 Å². The van der Waals surface area contributed by atoms with Crippen LogP contribution in [0.15, 0.2) is 6.20 Å². The second kappa shape index (κ2) is 4.28. The van der Waals surface area contributed by atoms with Crippen molar-refractivity contribution in [3.8, 4) is 0 Å². The summed E-state index contributed by atoms with van der Waals surface area (Å²) in [4.78, 5) is 11.9. The van der Waals surface area contributed by atoms with E-state index in [4.69, 9.17) is 0 Å². The lowest BCUT2D eigenvalue weighted by molar-refractivity contribution is 0.0942. The number of carbonyl (C=O) groups is 1. The summed E-state index contributed by atoms with van der Waals surface area (Å²) in [6, 6.07) is 0.143. The van der Waals surface area contributed by atoms with Crippen LogP contribution >= 0.6 is 0 Å². The summed E-state index contributed by atoms with van der Waals surface area (Å²) in [6.45, 7) is 12.0. The van der Waals surface area contributed by atoms with Crippen molar-refractivity contribution in [1.29, 1.82) is 0 Å². The largest absolute Gasteiger partial charge is 0.350 e. The molecule has 0 aliphatic heterocycles. The van der Waals surface area contributed by atoms with Crippen LogP contribution in [0.3, 0.4) is 0 Å². The molecule has 0 fully saturated rings. The normalized spacial score (nSPS) is 11.9. The van der Waals surface area contributed by atoms with Crippen molar-refractivity contribution >= 4 is 5.91 Å². The molecule has 0 aromatic carbocycles. The first-order valence-electron chi connectivity index (χ1n) is 5.59. The first-order chi connectivity index (χ1) is 7.23. The quantitative estimate of drug-likeness (QED) is 0.834. The maximum atomic E-state index is 11.9. The Kier molecular flexibility index (Phi) is 3.41. The standard InChI is InChI=1S/C12H21N3O/c1-8(2)14-11(16)10-7-13-15(9(10)3)12(4,5)6/h7-8H,1-6H3,(H,14,16). The second-order valence-corrected chi connectivity index (χ2v) is 5.35. The lowest BCUT2D eigenvalue weighted by Gasteiger charge is -2.21. The van der Waals surface area contributed by atoms with Gasteiger partial charge in [-0.05, 0) is 41.5 Å². The maximum absolute atomic E-state index is 11.9. The summed E-state index contributed by atoms with van der Waals surface area (Å²) in [5.74, 6) is -0.0528. The Bertz CT molecular complexity index is 385. The fourth-order valence-electron chi connectivity index (χ4n) is 1.65. The molecule has 1 aromatic heterocycles. The van der Waals surface area contributed by atoms with Crippen LogP contribution in [0, 0.1) is 6.92 Å². The monoisotopic (exact) mass is 223 g/mol. The van der Waals surface area contributed by atoms with Crippen molar-refractivity contribution in [2.45, 2.75) is 53.1 Å². The first-order valence-corrected chi connectivity index (χ1v) is 5.59. The van der Waals surface area contributed by atoms with Crippen LogP contribution in [0.25, 0.3) is 0 Å². The summed E-state index contributed by atoms with van der Waals surface area (Å²) in [7, 11) is 0. The highest BCUT2D eigenvalue weighted by molar-refractivity contribution is 5.95. The zero-order valence-electron chi connectivity index (χ0n) is 11.0. The molecule has 0 spiro atoms. The van der Waals surface area contributed by atoms with Gasteiger partial charge >= 0.3 is 0 Å². The summed E-state index contributed by atoms with van der Waals surface area (Å²) >= 11 is 0. The Morgan fingerprint density at radius 2 is 2.00 bits per heavy atom. The average Bonchev–Trinajstić information content (AvgIpc) is 2.44. The van der Waals surface area contributed by atoms with Gasteiger partial charge in [-0.1, -0.05) is 0 Å². The molecule has 1 amide bonds. The highest BCUT2D eigenvalue weighted by Gasteiger charge is 2.21. The van der Waals surface area contributed by atoms with Crippen molar-refractivity contribution in [1.82, 2.24) is 15.1 Å². The molecule has 4 heteroatoms. The molecule has 1 rings (SSSR count). The van der Waals surface area contributed by atoms with E-state index in [1.165, 1.54) is 0 Å². The van der Waals surface area contributed by atoms with E-state index in [-0.39, 0.29) is 17.5 Å². The summed E-state index contributed by atoms with van der Waals surface area (Å²) in [5, 5.41) is 7.14. The Hall–Kier alpha value is -1.32. The Labute approximate surface area is 97.0 Å². The smallest absolute Gasteiger partial charge is 0.254 e. The molecule has 1 heterocycles. The molecule has 0 saturated heterocycles. The van der Waals surface area contributed by atoms with Crippen LogP contribution in [-0.2, 0) is 5.54 Å². The molecular weight excluding hydrogens is 202 g/mol.